The molecule has 15 heavy (non-hydrogen) atoms. The minimum Gasteiger partial charge on any atom is -0.369 e. The zero-order chi connectivity index (χ0) is 11.1. The average Bonchev–Trinajstić information content (AvgIpc) is 2.18. The summed E-state index contributed by atoms with van der Waals surface area (Å²) in [4.78, 5) is 10.5. The monoisotopic (exact) mass is 208 g/mol. The topological polar surface area (TPSA) is 41.0 Å². The van der Waals surface area contributed by atoms with E-state index >= 15 is 0 Å². The van der Waals surface area contributed by atoms with E-state index in [1.807, 2.05) is 6.07 Å². The summed E-state index contributed by atoms with van der Waals surface area (Å²) < 4.78 is 0. The van der Waals surface area contributed by atoms with Gasteiger partial charge < -0.3 is 10.2 Å². The number of anilines is 1. The first-order valence-electron chi connectivity index (χ1n) is 5.42. The van der Waals surface area contributed by atoms with E-state index in [1.165, 1.54) is 0 Å². The lowest BCUT2D eigenvalue weighted by molar-refractivity contribution is 0.425. The Hall–Kier alpha value is -1.16. The molecule has 1 N–H and O–H groups in total. The number of aryl methyl sites for hydroxylation is 1. The molecular formula is C11H20N4. The van der Waals surface area contributed by atoms with E-state index in [-0.39, 0.29) is 0 Å². The van der Waals surface area contributed by atoms with Crippen molar-refractivity contribution >= 4 is 5.82 Å². The van der Waals surface area contributed by atoms with Crippen LogP contribution in [-0.4, -0.2) is 42.1 Å². The summed E-state index contributed by atoms with van der Waals surface area (Å²) in [7, 11) is 4.12. The van der Waals surface area contributed by atoms with Gasteiger partial charge in [-0.2, -0.15) is 0 Å². The van der Waals surface area contributed by atoms with Crippen molar-refractivity contribution < 1.29 is 0 Å². The molecule has 0 saturated carbocycles. The van der Waals surface area contributed by atoms with Crippen molar-refractivity contribution in [2.45, 2.75) is 19.8 Å². The van der Waals surface area contributed by atoms with Gasteiger partial charge >= 0.3 is 0 Å². The van der Waals surface area contributed by atoms with Crippen molar-refractivity contribution in [3.8, 4) is 0 Å². The summed E-state index contributed by atoms with van der Waals surface area (Å²) in [6.07, 6.45) is 3.77. The van der Waals surface area contributed by atoms with Gasteiger partial charge in [0.15, 0.2) is 0 Å². The highest BCUT2D eigenvalue weighted by atomic mass is 15.1. The van der Waals surface area contributed by atoms with Crippen molar-refractivity contribution in [1.29, 1.82) is 0 Å². The van der Waals surface area contributed by atoms with Crippen LogP contribution in [0.2, 0.25) is 0 Å². The third kappa shape index (κ3) is 4.74. The van der Waals surface area contributed by atoms with Crippen molar-refractivity contribution in [3.05, 3.63) is 18.1 Å². The highest BCUT2D eigenvalue weighted by molar-refractivity contribution is 5.34. The summed E-state index contributed by atoms with van der Waals surface area (Å²) in [5.41, 5.74) is 1.11. The highest BCUT2D eigenvalue weighted by Crippen LogP contribution is 2.05. The largest absolute Gasteiger partial charge is 0.369 e. The van der Waals surface area contributed by atoms with Gasteiger partial charge in [0.2, 0.25) is 0 Å². The zero-order valence-corrected chi connectivity index (χ0v) is 9.82. The van der Waals surface area contributed by atoms with Crippen molar-refractivity contribution in [2.24, 2.45) is 0 Å². The lowest BCUT2D eigenvalue weighted by Crippen LogP contribution is -2.21. The van der Waals surface area contributed by atoms with Crippen LogP contribution in [0, 0.1) is 0 Å². The summed E-state index contributed by atoms with van der Waals surface area (Å²) >= 11 is 0. The quantitative estimate of drug-likeness (QED) is 0.767. The molecule has 0 spiro atoms. The van der Waals surface area contributed by atoms with Gasteiger partial charge in [-0.25, -0.2) is 9.97 Å². The van der Waals surface area contributed by atoms with Crippen LogP contribution in [0.5, 0.6) is 0 Å². The molecule has 1 rings (SSSR count). The molecule has 84 valence electrons. The van der Waals surface area contributed by atoms with Crippen LogP contribution < -0.4 is 5.32 Å². The molecule has 0 aliphatic rings. The van der Waals surface area contributed by atoms with Gasteiger partial charge in [-0.3, -0.25) is 0 Å². The Morgan fingerprint density at radius 2 is 2.13 bits per heavy atom. The second-order valence-corrected chi connectivity index (χ2v) is 3.87. The molecule has 0 fully saturated rings. The molecule has 0 unspecified atom stereocenters. The molecule has 0 bridgehead atoms. The average molecular weight is 208 g/mol. The molecule has 0 amide bonds. The SMILES string of the molecule is CCCc1cc(NCCN(C)C)ncn1. The molecule has 0 radical (unpaired) electrons. The van der Waals surface area contributed by atoms with Crippen molar-refractivity contribution in [1.82, 2.24) is 14.9 Å². The fourth-order valence-corrected chi connectivity index (χ4v) is 1.29. The number of likely N-dealkylation sites (N-methyl/N-ethyl adjacent to an activating group) is 1. The lowest BCUT2D eigenvalue weighted by Gasteiger charge is -2.10. The molecular weight excluding hydrogens is 188 g/mol. The van der Waals surface area contributed by atoms with Gasteiger partial charge in [-0.15, -0.1) is 0 Å². The van der Waals surface area contributed by atoms with Gasteiger partial charge in [0.1, 0.15) is 12.1 Å². The predicted octanol–water partition coefficient (Wildman–Crippen LogP) is 1.40. The molecule has 0 atom stereocenters. The Labute approximate surface area is 91.7 Å². The van der Waals surface area contributed by atoms with Crippen LogP contribution in [0.1, 0.15) is 19.0 Å². The molecule has 0 aromatic carbocycles. The second kappa shape index (κ2) is 6.35. The third-order valence-electron chi connectivity index (χ3n) is 2.09. The second-order valence-electron chi connectivity index (χ2n) is 3.87. The number of hydrogen-bond donors (Lipinski definition) is 1. The van der Waals surface area contributed by atoms with Crippen LogP contribution in [0.4, 0.5) is 5.82 Å². The van der Waals surface area contributed by atoms with E-state index < -0.39 is 0 Å². The minimum absolute atomic E-state index is 0.912. The Kier molecular flexibility index (Phi) is 5.04. The fourth-order valence-electron chi connectivity index (χ4n) is 1.29. The third-order valence-corrected chi connectivity index (χ3v) is 2.09. The predicted molar refractivity (Wildman–Crippen MR) is 63.1 cm³/mol. The van der Waals surface area contributed by atoms with Crippen LogP contribution in [0.25, 0.3) is 0 Å². The number of nitrogens with zero attached hydrogens (tertiary/aromatic N) is 3. The minimum atomic E-state index is 0.912. The van der Waals surface area contributed by atoms with Crippen LogP contribution in [0.15, 0.2) is 12.4 Å². The fraction of sp³-hybridized carbons (Fsp3) is 0.636. The number of hydrogen-bond acceptors (Lipinski definition) is 4. The van der Waals surface area contributed by atoms with Gasteiger partial charge in [-0.1, -0.05) is 13.3 Å². The van der Waals surface area contributed by atoms with E-state index in [0.29, 0.717) is 0 Å². The van der Waals surface area contributed by atoms with E-state index in [4.69, 9.17) is 0 Å². The Morgan fingerprint density at radius 3 is 2.80 bits per heavy atom. The highest BCUT2D eigenvalue weighted by Gasteiger charge is 1.97. The van der Waals surface area contributed by atoms with Crippen LogP contribution in [0.3, 0.4) is 0 Å². The smallest absolute Gasteiger partial charge is 0.129 e. The Morgan fingerprint density at radius 1 is 1.33 bits per heavy atom. The van der Waals surface area contributed by atoms with Crippen LogP contribution >= 0.6 is 0 Å². The lowest BCUT2D eigenvalue weighted by atomic mass is 10.2. The number of aromatic nitrogens is 2. The van der Waals surface area contributed by atoms with E-state index in [0.717, 1.165) is 37.4 Å². The van der Waals surface area contributed by atoms with Crippen LogP contribution in [-0.2, 0) is 6.42 Å². The maximum atomic E-state index is 4.21. The van der Waals surface area contributed by atoms with Gasteiger partial charge in [0.05, 0.1) is 0 Å². The molecule has 1 aromatic rings. The van der Waals surface area contributed by atoms with Crippen molar-refractivity contribution in [3.63, 3.8) is 0 Å². The molecule has 0 aliphatic carbocycles. The van der Waals surface area contributed by atoms with Gasteiger partial charge in [-0.05, 0) is 20.5 Å². The number of rotatable bonds is 6. The first-order valence-corrected chi connectivity index (χ1v) is 5.42. The first kappa shape index (κ1) is 11.9. The Bertz CT molecular complexity index is 286. The normalized spacial score (nSPS) is 10.7. The maximum absolute atomic E-state index is 4.21. The summed E-state index contributed by atoms with van der Waals surface area (Å²) in [5, 5.41) is 3.28. The maximum Gasteiger partial charge on any atom is 0.129 e. The molecule has 1 heterocycles. The molecule has 0 aliphatic heterocycles. The summed E-state index contributed by atoms with van der Waals surface area (Å²) in [6.45, 7) is 4.07. The summed E-state index contributed by atoms with van der Waals surface area (Å²) in [5.74, 6) is 0.926. The van der Waals surface area contributed by atoms with Gasteiger partial charge in [0, 0.05) is 24.8 Å². The molecule has 0 saturated heterocycles. The Balaban J connectivity index is 2.43. The van der Waals surface area contributed by atoms with E-state index in [1.54, 1.807) is 6.33 Å². The first-order chi connectivity index (χ1) is 7.22. The number of nitrogens with one attached hydrogen (secondary N) is 1. The van der Waals surface area contributed by atoms with E-state index in [9.17, 15) is 0 Å². The van der Waals surface area contributed by atoms with E-state index in [2.05, 4.69) is 41.2 Å². The summed E-state index contributed by atoms with van der Waals surface area (Å²) in [6, 6.07) is 2.03. The molecule has 4 heteroatoms. The molecule has 4 nitrogen and oxygen atoms in total. The molecule has 1 aromatic heterocycles. The zero-order valence-electron chi connectivity index (χ0n) is 9.82. The van der Waals surface area contributed by atoms with Gasteiger partial charge in [0.25, 0.3) is 0 Å². The van der Waals surface area contributed by atoms with Crippen molar-refractivity contribution in [2.75, 3.05) is 32.5 Å². The standard InChI is InChI=1S/C11H20N4/c1-4-5-10-8-11(14-9-13-10)12-6-7-15(2)3/h8-9H,4-7H2,1-3H3,(H,12,13,14).